The summed E-state index contributed by atoms with van der Waals surface area (Å²) in [5.74, 6) is 0.811. The number of hydrogen-bond donors (Lipinski definition) is 0. The van der Waals surface area contributed by atoms with E-state index < -0.39 is 0 Å². The fourth-order valence-corrected chi connectivity index (χ4v) is 4.58. The van der Waals surface area contributed by atoms with Gasteiger partial charge in [0.2, 0.25) is 11.8 Å². The molecule has 2 heterocycles. The van der Waals surface area contributed by atoms with Gasteiger partial charge in [0.05, 0.1) is 0 Å². The van der Waals surface area contributed by atoms with E-state index in [0.717, 1.165) is 31.5 Å². The molecule has 0 saturated carbocycles. The first-order valence-corrected chi connectivity index (χ1v) is 9.96. The first kappa shape index (κ1) is 19.2. The van der Waals surface area contributed by atoms with E-state index in [4.69, 9.17) is 11.6 Å². The molecule has 0 N–H and O–H groups in total. The number of hydrogen-bond acceptors (Lipinski definition) is 2. The van der Waals surface area contributed by atoms with Crippen molar-refractivity contribution in [2.45, 2.75) is 59.0 Å². The van der Waals surface area contributed by atoms with Gasteiger partial charge in [-0.3, -0.25) is 9.59 Å². The Labute approximate surface area is 161 Å². The minimum Gasteiger partial charge on any atom is -0.340 e. The van der Waals surface area contributed by atoms with E-state index >= 15 is 0 Å². The molecule has 0 spiro atoms. The zero-order valence-corrected chi connectivity index (χ0v) is 16.8. The van der Waals surface area contributed by atoms with Gasteiger partial charge in [0.1, 0.15) is 6.04 Å². The van der Waals surface area contributed by atoms with E-state index in [-0.39, 0.29) is 23.3 Å². The van der Waals surface area contributed by atoms with Crippen molar-refractivity contribution in [1.29, 1.82) is 0 Å². The molecule has 1 aromatic rings. The molecule has 0 aromatic heterocycles. The minimum atomic E-state index is -0.331. The van der Waals surface area contributed by atoms with Crippen molar-refractivity contribution in [3.8, 4) is 0 Å². The highest BCUT2D eigenvalue weighted by molar-refractivity contribution is 6.30. The van der Waals surface area contributed by atoms with Crippen LogP contribution in [0.2, 0.25) is 5.02 Å². The van der Waals surface area contributed by atoms with Crippen molar-refractivity contribution in [2.75, 3.05) is 13.1 Å². The van der Waals surface area contributed by atoms with Gasteiger partial charge in [0.25, 0.3) is 0 Å². The van der Waals surface area contributed by atoms with E-state index in [1.165, 1.54) is 0 Å². The quantitative estimate of drug-likeness (QED) is 0.796. The number of halogens is 1. The van der Waals surface area contributed by atoms with Crippen molar-refractivity contribution in [3.63, 3.8) is 0 Å². The molecule has 26 heavy (non-hydrogen) atoms. The first-order valence-electron chi connectivity index (χ1n) is 9.58. The third-order valence-corrected chi connectivity index (χ3v) is 5.85. The molecule has 4 nitrogen and oxygen atoms in total. The van der Waals surface area contributed by atoms with Gasteiger partial charge in [-0.25, -0.2) is 0 Å². The molecule has 2 amide bonds. The molecule has 2 atom stereocenters. The predicted octanol–water partition coefficient (Wildman–Crippen LogP) is 4.12. The highest BCUT2D eigenvalue weighted by atomic mass is 35.5. The van der Waals surface area contributed by atoms with Crippen LogP contribution in [0.1, 0.15) is 52.0 Å². The van der Waals surface area contributed by atoms with Crippen LogP contribution in [-0.2, 0) is 16.1 Å². The second kappa shape index (κ2) is 7.59. The predicted molar refractivity (Wildman–Crippen MR) is 104 cm³/mol. The van der Waals surface area contributed by atoms with Gasteiger partial charge in [-0.2, -0.15) is 0 Å². The lowest BCUT2D eigenvalue weighted by atomic mass is 9.83. The number of nitrogens with zero attached hydrogens (tertiary/aromatic N) is 2. The maximum atomic E-state index is 13.3. The van der Waals surface area contributed by atoms with Gasteiger partial charge < -0.3 is 9.80 Å². The topological polar surface area (TPSA) is 40.6 Å². The van der Waals surface area contributed by atoms with Crippen LogP contribution < -0.4 is 0 Å². The van der Waals surface area contributed by atoms with Crippen LogP contribution in [0.5, 0.6) is 0 Å². The molecule has 2 saturated heterocycles. The number of likely N-dealkylation sites (tertiary alicyclic amines) is 2. The van der Waals surface area contributed by atoms with Crippen molar-refractivity contribution in [1.82, 2.24) is 9.80 Å². The Morgan fingerprint density at radius 1 is 1.23 bits per heavy atom. The Balaban J connectivity index is 1.74. The van der Waals surface area contributed by atoms with Crippen LogP contribution in [-0.4, -0.2) is 40.7 Å². The fourth-order valence-electron chi connectivity index (χ4n) is 4.46. The van der Waals surface area contributed by atoms with Crippen LogP contribution in [0.4, 0.5) is 0 Å². The average molecular weight is 377 g/mol. The summed E-state index contributed by atoms with van der Waals surface area (Å²) in [4.78, 5) is 29.4. The van der Waals surface area contributed by atoms with Crippen LogP contribution in [0.3, 0.4) is 0 Å². The molecule has 2 fully saturated rings. The number of amides is 2. The highest BCUT2D eigenvalue weighted by Crippen LogP contribution is 2.33. The summed E-state index contributed by atoms with van der Waals surface area (Å²) in [7, 11) is 0. The number of rotatable bonds is 3. The van der Waals surface area contributed by atoms with Gasteiger partial charge in [0, 0.05) is 31.1 Å². The first-order chi connectivity index (χ1) is 12.2. The average Bonchev–Trinajstić information content (AvgIpc) is 2.85. The van der Waals surface area contributed by atoms with Crippen molar-refractivity contribution in [2.24, 2.45) is 11.3 Å². The normalized spacial score (nSPS) is 26.1. The van der Waals surface area contributed by atoms with Crippen molar-refractivity contribution in [3.05, 3.63) is 34.9 Å². The lowest BCUT2D eigenvalue weighted by molar-refractivity contribution is -0.142. The van der Waals surface area contributed by atoms with Gasteiger partial charge in [-0.15, -0.1) is 0 Å². The lowest BCUT2D eigenvalue weighted by Gasteiger charge is -2.34. The van der Waals surface area contributed by atoms with E-state index in [1.807, 2.05) is 29.2 Å². The fraction of sp³-hybridized carbons (Fsp3) is 0.619. The number of carbonyl (C=O) groups excluding carboxylic acids is 2. The maximum Gasteiger partial charge on any atom is 0.245 e. The molecular formula is C21H29ClN2O2. The summed E-state index contributed by atoms with van der Waals surface area (Å²) in [5, 5.41) is 0.676. The minimum absolute atomic E-state index is 0.0701. The molecule has 0 bridgehead atoms. The molecule has 5 heteroatoms. The molecule has 1 aromatic carbocycles. The molecule has 3 rings (SSSR count). The number of benzene rings is 1. The van der Waals surface area contributed by atoms with E-state index in [0.29, 0.717) is 30.3 Å². The summed E-state index contributed by atoms with van der Waals surface area (Å²) >= 11 is 5.95. The van der Waals surface area contributed by atoms with Crippen LogP contribution in [0.15, 0.2) is 24.3 Å². The van der Waals surface area contributed by atoms with E-state index in [1.54, 1.807) is 4.90 Å². The third kappa shape index (κ3) is 4.40. The Bertz CT molecular complexity index is 671. The lowest BCUT2D eigenvalue weighted by Crippen LogP contribution is -2.48. The Morgan fingerprint density at radius 3 is 2.62 bits per heavy atom. The Morgan fingerprint density at radius 2 is 1.92 bits per heavy atom. The van der Waals surface area contributed by atoms with Crippen LogP contribution in [0, 0.1) is 11.3 Å². The van der Waals surface area contributed by atoms with Crippen molar-refractivity contribution < 1.29 is 9.59 Å². The van der Waals surface area contributed by atoms with Gasteiger partial charge in [-0.1, -0.05) is 44.5 Å². The zero-order valence-electron chi connectivity index (χ0n) is 16.0. The molecule has 2 aliphatic heterocycles. The maximum absolute atomic E-state index is 13.3. The van der Waals surface area contributed by atoms with Gasteiger partial charge in [-0.05, 0) is 48.3 Å². The molecule has 0 aliphatic carbocycles. The monoisotopic (exact) mass is 376 g/mol. The third-order valence-electron chi connectivity index (χ3n) is 5.60. The summed E-state index contributed by atoms with van der Waals surface area (Å²) in [6, 6.07) is 7.17. The molecule has 142 valence electrons. The molecular weight excluding hydrogens is 348 g/mol. The second-order valence-corrected chi connectivity index (χ2v) is 9.16. The standard InChI is InChI=1S/C21H29ClN2O2/c1-15-10-11-23(14-21(2,3)12-15)20(26)18-8-9-19(25)24(18)13-16-4-6-17(22)7-5-16/h4-7,15,18H,8-14H2,1-3H3. The Hall–Kier alpha value is -1.55. The van der Waals surface area contributed by atoms with Crippen LogP contribution in [0.25, 0.3) is 0 Å². The molecule has 0 radical (unpaired) electrons. The summed E-state index contributed by atoms with van der Waals surface area (Å²) in [6.45, 7) is 8.78. The second-order valence-electron chi connectivity index (χ2n) is 8.72. The van der Waals surface area contributed by atoms with Gasteiger partial charge in [0.15, 0.2) is 0 Å². The van der Waals surface area contributed by atoms with Crippen molar-refractivity contribution >= 4 is 23.4 Å². The van der Waals surface area contributed by atoms with E-state index in [2.05, 4.69) is 20.8 Å². The van der Waals surface area contributed by atoms with Crippen LogP contribution >= 0.6 is 11.6 Å². The molecule has 2 unspecified atom stereocenters. The van der Waals surface area contributed by atoms with E-state index in [9.17, 15) is 9.59 Å². The number of carbonyl (C=O) groups is 2. The largest absolute Gasteiger partial charge is 0.340 e. The summed E-state index contributed by atoms with van der Waals surface area (Å²) in [6.07, 6.45) is 3.25. The Kier molecular flexibility index (Phi) is 5.61. The molecule has 2 aliphatic rings. The summed E-state index contributed by atoms with van der Waals surface area (Å²) < 4.78 is 0. The highest BCUT2D eigenvalue weighted by Gasteiger charge is 2.40. The zero-order chi connectivity index (χ0) is 18.9. The van der Waals surface area contributed by atoms with Gasteiger partial charge >= 0.3 is 0 Å². The smallest absolute Gasteiger partial charge is 0.245 e. The summed E-state index contributed by atoms with van der Waals surface area (Å²) in [5.41, 5.74) is 1.13. The SMILES string of the molecule is CC1CCN(C(=O)C2CCC(=O)N2Cc2ccc(Cl)cc2)CC(C)(C)C1.